The average Bonchev–Trinajstić information content (AvgIpc) is 2.71. The molecule has 0 aliphatic carbocycles. The fourth-order valence-electron chi connectivity index (χ4n) is 4.32. The molecule has 0 bridgehead atoms. The Morgan fingerprint density at radius 2 is 1.68 bits per heavy atom. The van der Waals surface area contributed by atoms with E-state index >= 15 is 0 Å². The highest BCUT2D eigenvalue weighted by molar-refractivity contribution is 5.92. The van der Waals surface area contributed by atoms with Gasteiger partial charge in [0.15, 0.2) is 0 Å². The van der Waals surface area contributed by atoms with E-state index in [9.17, 15) is 9.59 Å². The van der Waals surface area contributed by atoms with E-state index in [4.69, 9.17) is 0 Å². The normalized spacial score (nSPS) is 19.6. The van der Waals surface area contributed by atoms with Gasteiger partial charge in [-0.3, -0.25) is 9.59 Å². The summed E-state index contributed by atoms with van der Waals surface area (Å²) in [5, 5.41) is 0. The highest BCUT2D eigenvalue weighted by atomic mass is 16.2. The Morgan fingerprint density at radius 1 is 0.964 bits per heavy atom. The van der Waals surface area contributed by atoms with Crippen LogP contribution in [0.1, 0.15) is 28.3 Å². The van der Waals surface area contributed by atoms with Crippen LogP contribution >= 0.6 is 0 Å². The van der Waals surface area contributed by atoms with Gasteiger partial charge in [0.2, 0.25) is 11.8 Å². The van der Waals surface area contributed by atoms with Gasteiger partial charge in [0, 0.05) is 38.9 Å². The van der Waals surface area contributed by atoms with E-state index in [-0.39, 0.29) is 11.8 Å². The minimum atomic E-state index is -0.510. The Labute approximate surface area is 166 Å². The Morgan fingerprint density at radius 3 is 2.43 bits per heavy atom. The quantitative estimate of drug-likeness (QED) is 0.808. The minimum absolute atomic E-state index is 0.00562. The third-order valence-corrected chi connectivity index (χ3v) is 6.21. The maximum Gasteiger partial charge on any atom is 0.250 e. The lowest BCUT2D eigenvalue weighted by atomic mass is 9.91. The molecule has 0 aromatic heterocycles. The number of hydrogen-bond donors (Lipinski definition) is 0. The lowest BCUT2D eigenvalue weighted by molar-refractivity contribution is -0.145. The molecular weight excluding hydrogens is 350 g/mol. The van der Waals surface area contributed by atoms with E-state index in [1.165, 1.54) is 16.8 Å². The largest absolute Gasteiger partial charge is 0.368 e. The van der Waals surface area contributed by atoms with Crippen LogP contribution in [0.5, 0.6) is 0 Å². The van der Waals surface area contributed by atoms with Crippen molar-refractivity contribution in [2.75, 3.05) is 38.1 Å². The van der Waals surface area contributed by atoms with Crippen molar-refractivity contribution in [2.45, 2.75) is 26.3 Å². The number of benzene rings is 2. The van der Waals surface area contributed by atoms with Crippen molar-refractivity contribution in [2.24, 2.45) is 0 Å². The third kappa shape index (κ3) is 3.15. The Balaban J connectivity index is 1.51. The molecule has 146 valence electrons. The average molecular weight is 377 g/mol. The lowest BCUT2D eigenvalue weighted by Crippen LogP contribution is -2.53. The van der Waals surface area contributed by atoms with Crippen LogP contribution in [0.2, 0.25) is 0 Å². The number of hydrogen-bond acceptors (Lipinski definition) is 3. The van der Waals surface area contributed by atoms with Gasteiger partial charge in [-0.15, -0.1) is 0 Å². The van der Waals surface area contributed by atoms with E-state index in [0.717, 1.165) is 24.2 Å². The molecule has 4 rings (SSSR count). The highest BCUT2D eigenvalue weighted by Crippen LogP contribution is 2.31. The zero-order chi connectivity index (χ0) is 19.8. The van der Waals surface area contributed by atoms with Crippen molar-refractivity contribution in [3.05, 3.63) is 64.7 Å². The van der Waals surface area contributed by atoms with E-state index < -0.39 is 6.04 Å². The van der Waals surface area contributed by atoms with Crippen molar-refractivity contribution in [1.82, 2.24) is 9.80 Å². The smallest absolute Gasteiger partial charge is 0.250 e. The first-order valence-electron chi connectivity index (χ1n) is 9.91. The molecule has 2 aromatic carbocycles. The second kappa shape index (κ2) is 7.30. The van der Waals surface area contributed by atoms with E-state index in [2.05, 4.69) is 36.9 Å². The van der Waals surface area contributed by atoms with Crippen LogP contribution in [0, 0.1) is 13.8 Å². The molecule has 1 atom stereocenters. The molecule has 0 spiro atoms. The van der Waals surface area contributed by atoms with Gasteiger partial charge in [-0.1, -0.05) is 36.4 Å². The van der Waals surface area contributed by atoms with Crippen LogP contribution in [0.3, 0.4) is 0 Å². The second-order valence-electron chi connectivity index (χ2n) is 7.81. The molecule has 2 heterocycles. The highest BCUT2D eigenvalue weighted by Gasteiger charge is 2.37. The molecule has 1 fully saturated rings. The van der Waals surface area contributed by atoms with Crippen molar-refractivity contribution >= 4 is 17.5 Å². The third-order valence-electron chi connectivity index (χ3n) is 6.21. The van der Waals surface area contributed by atoms with Gasteiger partial charge in [-0.05, 0) is 42.2 Å². The molecule has 2 aliphatic rings. The molecule has 0 N–H and O–H groups in total. The number of carbonyl (C=O) groups is 2. The van der Waals surface area contributed by atoms with E-state index in [1.54, 1.807) is 11.9 Å². The van der Waals surface area contributed by atoms with Crippen molar-refractivity contribution in [3.8, 4) is 0 Å². The summed E-state index contributed by atoms with van der Waals surface area (Å²) in [6, 6.07) is 13.7. The number of anilines is 1. The summed E-state index contributed by atoms with van der Waals surface area (Å²) in [5.41, 5.74) is 5.77. The molecule has 2 aromatic rings. The fourth-order valence-corrected chi connectivity index (χ4v) is 4.32. The molecule has 1 saturated heterocycles. The molecule has 0 unspecified atom stereocenters. The molecule has 2 aliphatic heterocycles. The summed E-state index contributed by atoms with van der Waals surface area (Å²) in [4.78, 5) is 31.6. The summed E-state index contributed by atoms with van der Waals surface area (Å²) >= 11 is 0. The van der Waals surface area contributed by atoms with Gasteiger partial charge in [0.05, 0.1) is 6.42 Å². The summed E-state index contributed by atoms with van der Waals surface area (Å²) < 4.78 is 0. The molecule has 2 amide bonds. The Kier molecular flexibility index (Phi) is 4.84. The zero-order valence-corrected chi connectivity index (χ0v) is 16.8. The summed E-state index contributed by atoms with van der Waals surface area (Å²) in [6.45, 7) is 7.25. The van der Waals surface area contributed by atoms with Crippen molar-refractivity contribution in [1.29, 1.82) is 0 Å². The zero-order valence-electron chi connectivity index (χ0n) is 16.8. The number of likely N-dealkylation sites (N-methyl/N-ethyl adjacent to an activating group) is 1. The predicted octanol–water partition coefficient (Wildman–Crippen LogP) is 2.71. The van der Waals surface area contributed by atoms with E-state index in [0.29, 0.717) is 19.5 Å². The standard InChI is InChI=1S/C23H27N3O2/c1-16-7-6-10-20(17(16)2)25-11-13-26(14-12-25)23(28)22-19-9-5-4-8-18(19)15-21(27)24(22)3/h4-10,22H,11-15H2,1-3H3/t22-/m1/s1. The van der Waals surface area contributed by atoms with E-state index in [1.807, 2.05) is 29.2 Å². The summed E-state index contributed by atoms with van der Waals surface area (Å²) in [5.74, 6) is 0.0367. The van der Waals surface area contributed by atoms with Crippen molar-refractivity contribution < 1.29 is 9.59 Å². The fraction of sp³-hybridized carbons (Fsp3) is 0.391. The molecule has 5 nitrogen and oxygen atoms in total. The number of fused-ring (bicyclic) bond motifs is 1. The van der Waals surface area contributed by atoms with Gasteiger partial charge in [0.25, 0.3) is 0 Å². The molecule has 0 radical (unpaired) electrons. The first-order valence-corrected chi connectivity index (χ1v) is 9.91. The Hall–Kier alpha value is -2.82. The van der Waals surface area contributed by atoms with Crippen LogP contribution in [0.25, 0.3) is 0 Å². The topological polar surface area (TPSA) is 43.9 Å². The number of amides is 2. The Bertz CT molecular complexity index is 916. The minimum Gasteiger partial charge on any atom is -0.368 e. The van der Waals surface area contributed by atoms with Crippen LogP contribution in [-0.2, 0) is 16.0 Å². The number of aryl methyl sites for hydroxylation is 1. The molecule has 0 saturated carbocycles. The number of piperazine rings is 1. The molecular formula is C23H27N3O2. The molecule has 5 heteroatoms. The van der Waals surface area contributed by atoms with Gasteiger partial charge < -0.3 is 14.7 Å². The van der Waals surface area contributed by atoms with Crippen LogP contribution in [0.4, 0.5) is 5.69 Å². The maximum absolute atomic E-state index is 13.3. The SMILES string of the molecule is Cc1cccc(N2CCN(C(=O)[C@H]3c4ccccc4CC(=O)N3C)CC2)c1C. The lowest BCUT2D eigenvalue weighted by Gasteiger charge is -2.41. The van der Waals surface area contributed by atoms with Gasteiger partial charge in [-0.25, -0.2) is 0 Å². The first kappa shape index (κ1) is 18.5. The summed E-state index contributed by atoms with van der Waals surface area (Å²) in [6.07, 6.45) is 0.372. The predicted molar refractivity (Wildman–Crippen MR) is 110 cm³/mol. The van der Waals surface area contributed by atoms with Gasteiger partial charge in [0.1, 0.15) is 6.04 Å². The number of carbonyl (C=O) groups excluding carboxylic acids is 2. The second-order valence-corrected chi connectivity index (χ2v) is 7.81. The molecule has 28 heavy (non-hydrogen) atoms. The van der Waals surface area contributed by atoms with Crippen LogP contribution in [-0.4, -0.2) is 54.8 Å². The van der Waals surface area contributed by atoms with Gasteiger partial charge in [-0.2, -0.15) is 0 Å². The monoisotopic (exact) mass is 377 g/mol. The number of rotatable bonds is 2. The van der Waals surface area contributed by atoms with Crippen LogP contribution in [0.15, 0.2) is 42.5 Å². The van der Waals surface area contributed by atoms with Crippen LogP contribution < -0.4 is 4.90 Å². The van der Waals surface area contributed by atoms with Gasteiger partial charge >= 0.3 is 0 Å². The first-order chi connectivity index (χ1) is 13.5. The number of nitrogens with zero attached hydrogens (tertiary/aromatic N) is 3. The maximum atomic E-state index is 13.3. The van der Waals surface area contributed by atoms with Crippen molar-refractivity contribution in [3.63, 3.8) is 0 Å². The summed E-state index contributed by atoms with van der Waals surface area (Å²) in [7, 11) is 1.74.